The zero-order valence-corrected chi connectivity index (χ0v) is 57.3. The van der Waals surface area contributed by atoms with E-state index in [1.807, 2.05) is 78.2 Å². The van der Waals surface area contributed by atoms with Gasteiger partial charge in [0.2, 0.25) is 11.8 Å². The van der Waals surface area contributed by atoms with Gasteiger partial charge in [-0.05, 0) is 103 Å². The van der Waals surface area contributed by atoms with Crippen LogP contribution in [0.2, 0.25) is 0 Å². The molecule has 2 fully saturated rings. The number of aromatic nitrogens is 4. The maximum absolute atomic E-state index is 13.8. The Labute approximate surface area is 565 Å². The number of likely N-dealkylation sites (N-methyl/N-ethyl adjacent to an activating group) is 1. The highest BCUT2D eigenvalue weighted by molar-refractivity contribution is 7.22. The van der Waals surface area contributed by atoms with Crippen molar-refractivity contribution in [1.29, 1.82) is 0 Å². The van der Waals surface area contributed by atoms with Crippen molar-refractivity contribution in [3.8, 4) is 11.1 Å². The molecule has 9 rings (SSSR count). The molecule has 5 amide bonds. The van der Waals surface area contributed by atoms with Crippen LogP contribution < -0.4 is 15.5 Å². The van der Waals surface area contributed by atoms with Gasteiger partial charge in [0.1, 0.15) is 5.82 Å². The van der Waals surface area contributed by atoms with E-state index in [2.05, 4.69) is 43.3 Å². The van der Waals surface area contributed by atoms with Crippen LogP contribution in [0.5, 0.6) is 0 Å². The second-order valence-corrected chi connectivity index (χ2v) is 27.7. The Hall–Kier alpha value is -7.11. The molecule has 5 aromatic rings. The second-order valence-electron chi connectivity index (χ2n) is 26.7. The standard InChI is InChI=1S/C70H95N9O16S/c1-50-54(52-14-15-58(74-63(52)65(85)86)77-22-18-51-10-9-11-53(55(51)43-77)64(84)75-66-73-56-12-7-8-13-57(56)96-66)42-72-79(50)49-69(5)46-68(4)44-67(2,3)45-70(47-68,48-69)95-27-24-76(6)60(81)20-25-87-28-30-89-32-34-91-36-38-93-40-41-94-39-37-92-35-33-90-31-29-88-26-21-71-59(80)19-23-78-61(82)16-17-62(78)83/h7-17,42H,18-41,43-49H2,1-6H3,(H,71,80)(H,85,86)(H,73,75,84). The van der Waals surface area contributed by atoms with E-state index < -0.39 is 23.4 Å². The molecule has 0 radical (unpaired) electrons. The third-order valence-electron chi connectivity index (χ3n) is 17.8. The Morgan fingerprint density at radius 1 is 0.677 bits per heavy atom. The highest BCUT2D eigenvalue weighted by atomic mass is 32.1. The molecule has 96 heavy (non-hydrogen) atoms. The molecule has 522 valence electrons. The molecular formula is C70H95N9O16S. The third kappa shape index (κ3) is 21.0. The number of rotatable bonds is 41. The van der Waals surface area contributed by atoms with E-state index in [-0.39, 0.29) is 65.7 Å². The van der Waals surface area contributed by atoms with Crippen LogP contribution in [0.3, 0.4) is 0 Å². The van der Waals surface area contributed by atoms with Crippen LogP contribution >= 0.6 is 11.3 Å². The molecule has 3 unspecified atom stereocenters. The SMILES string of the molecule is Cc1c(-c2ccc(N3CCc4cccc(C(=O)Nc5nc6ccccc6s5)c4C3)nc2C(=O)O)cnn1CC1(C)CC2(C)CC(C)(C)CC(OCCN(C)C(=O)CCOCCOCCOCCOCCOCCOCCOCCOCCNC(=O)CCN3C(=O)C=CC3=O)(C1)C2. The van der Waals surface area contributed by atoms with E-state index in [1.54, 1.807) is 11.1 Å². The van der Waals surface area contributed by atoms with Crippen LogP contribution in [0.1, 0.15) is 110 Å². The number of hydrogen-bond acceptors (Lipinski definition) is 20. The highest BCUT2D eigenvalue weighted by Gasteiger charge is 2.58. The van der Waals surface area contributed by atoms with Crippen LogP contribution in [-0.2, 0) is 81.3 Å². The Balaban J connectivity index is 0.609. The van der Waals surface area contributed by atoms with Gasteiger partial charge >= 0.3 is 5.97 Å². The summed E-state index contributed by atoms with van der Waals surface area (Å²) in [5.41, 5.74) is 4.76. The molecule has 2 bridgehead atoms. The first-order chi connectivity index (χ1) is 46.2. The molecule has 0 spiro atoms. The number of thiazole rings is 1. The number of nitrogens with one attached hydrogen (secondary N) is 2. The maximum atomic E-state index is 13.8. The minimum absolute atomic E-state index is 0.00340. The maximum Gasteiger partial charge on any atom is 0.355 e. The number of carbonyl (C=O) groups is 6. The molecule has 2 aliphatic carbocycles. The summed E-state index contributed by atoms with van der Waals surface area (Å²) in [5, 5.41) is 21.8. The van der Waals surface area contributed by atoms with E-state index in [1.165, 1.54) is 23.5 Å². The average Bonchev–Trinajstić information content (AvgIpc) is 0.729. The van der Waals surface area contributed by atoms with Gasteiger partial charge in [-0.3, -0.25) is 38.9 Å². The van der Waals surface area contributed by atoms with Gasteiger partial charge in [0.25, 0.3) is 17.7 Å². The zero-order chi connectivity index (χ0) is 68.1. The van der Waals surface area contributed by atoms with Gasteiger partial charge in [0, 0.05) is 87.3 Å². The van der Waals surface area contributed by atoms with E-state index in [0.29, 0.717) is 172 Å². The van der Waals surface area contributed by atoms with Crippen molar-refractivity contribution >= 4 is 68.0 Å². The van der Waals surface area contributed by atoms with Crippen LogP contribution in [0.25, 0.3) is 21.3 Å². The lowest BCUT2D eigenvalue weighted by molar-refractivity contribution is -0.195. The number of amides is 5. The molecule has 26 heteroatoms. The Morgan fingerprint density at radius 3 is 1.94 bits per heavy atom. The van der Waals surface area contributed by atoms with Crippen molar-refractivity contribution in [2.45, 2.75) is 105 Å². The lowest BCUT2D eigenvalue weighted by Gasteiger charge is -2.61. The number of aromatic carboxylic acids is 1. The van der Waals surface area contributed by atoms with Crippen LogP contribution in [0.4, 0.5) is 10.9 Å². The Kier molecular flexibility index (Phi) is 26.6. The number of carbonyl (C=O) groups excluding carboxylic acids is 5. The monoisotopic (exact) mass is 1350 g/mol. The summed E-state index contributed by atoms with van der Waals surface area (Å²) in [4.78, 5) is 89.2. The van der Waals surface area contributed by atoms with Crippen LogP contribution in [0, 0.1) is 23.2 Å². The van der Waals surface area contributed by atoms with Gasteiger partial charge in [-0.2, -0.15) is 5.10 Å². The first-order valence-corrected chi connectivity index (χ1v) is 34.1. The molecule has 5 heterocycles. The predicted octanol–water partition coefficient (Wildman–Crippen LogP) is 7.56. The summed E-state index contributed by atoms with van der Waals surface area (Å²) in [6, 6.07) is 17.2. The smallest absolute Gasteiger partial charge is 0.355 e. The van der Waals surface area contributed by atoms with Crippen molar-refractivity contribution in [3.05, 3.63) is 101 Å². The lowest BCUT2D eigenvalue weighted by atomic mass is 9.48. The van der Waals surface area contributed by atoms with Gasteiger partial charge in [-0.1, -0.05) is 63.3 Å². The number of carboxylic acids is 1. The van der Waals surface area contributed by atoms with E-state index >= 15 is 0 Å². The first kappa shape index (κ1) is 73.1. The van der Waals surface area contributed by atoms with Gasteiger partial charge in [-0.25, -0.2) is 14.8 Å². The summed E-state index contributed by atoms with van der Waals surface area (Å²) in [6.45, 7) is 20.5. The molecule has 0 saturated heterocycles. The predicted molar refractivity (Wildman–Crippen MR) is 360 cm³/mol. The van der Waals surface area contributed by atoms with Crippen molar-refractivity contribution in [3.63, 3.8) is 0 Å². The summed E-state index contributed by atoms with van der Waals surface area (Å²) in [5.74, 6) is -1.96. The Morgan fingerprint density at radius 2 is 1.30 bits per heavy atom. The van der Waals surface area contributed by atoms with Crippen LogP contribution in [0.15, 0.2) is 72.9 Å². The second kappa shape index (κ2) is 34.9. The molecule has 2 aromatic carbocycles. The van der Waals surface area contributed by atoms with Crippen molar-refractivity contribution in [2.75, 3.05) is 156 Å². The number of hydrogen-bond donors (Lipinski definition) is 3. The fourth-order valence-corrected chi connectivity index (χ4v) is 15.3. The molecule has 25 nitrogen and oxygen atoms in total. The van der Waals surface area contributed by atoms with Crippen molar-refractivity contribution in [1.82, 2.24) is 34.9 Å². The molecule has 4 aliphatic rings. The molecule has 2 saturated carbocycles. The Bertz CT molecular complexity index is 3430. The number of anilines is 2. The largest absolute Gasteiger partial charge is 0.476 e. The number of fused-ring (bicyclic) bond motifs is 4. The molecule has 2 aliphatic heterocycles. The number of pyridine rings is 1. The lowest BCUT2D eigenvalue weighted by Crippen LogP contribution is -2.57. The summed E-state index contributed by atoms with van der Waals surface area (Å²) < 4.78 is 54.5. The third-order valence-corrected chi connectivity index (χ3v) is 18.7. The number of ether oxygens (including phenoxy) is 9. The number of para-hydroxylation sites is 1. The normalized spacial score (nSPS) is 19.7. The topological polar surface area (TPSA) is 283 Å². The quantitative estimate of drug-likeness (QED) is 0.0251. The first-order valence-electron chi connectivity index (χ1n) is 33.3. The van der Waals surface area contributed by atoms with Crippen molar-refractivity contribution < 1.29 is 76.5 Å². The molecule has 3 N–H and O–H groups in total. The summed E-state index contributed by atoms with van der Waals surface area (Å²) in [6.07, 6.45) is 9.76. The fraction of sp³-hybridized carbons (Fsp3) is 0.586. The summed E-state index contributed by atoms with van der Waals surface area (Å²) >= 11 is 1.43. The van der Waals surface area contributed by atoms with Crippen molar-refractivity contribution in [2.24, 2.45) is 16.2 Å². The van der Waals surface area contributed by atoms with E-state index in [4.69, 9.17) is 52.7 Å². The van der Waals surface area contributed by atoms with Gasteiger partial charge < -0.3 is 62.9 Å². The van der Waals surface area contributed by atoms with Gasteiger partial charge in [0.05, 0.1) is 141 Å². The molecule has 3 aromatic heterocycles. The number of imide groups is 1. The van der Waals surface area contributed by atoms with Crippen LogP contribution in [-0.4, -0.2) is 221 Å². The minimum Gasteiger partial charge on any atom is -0.476 e. The minimum atomic E-state index is -1.14. The summed E-state index contributed by atoms with van der Waals surface area (Å²) in [7, 11) is 1.81. The zero-order valence-electron chi connectivity index (χ0n) is 56.5. The number of nitrogens with zero attached hydrogens (tertiary/aromatic N) is 7. The van der Waals surface area contributed by atoms with E-state index in [9.17, 15) is 33.9 Å². The van der Waals surface area contributed by atoms with Gasteiger partial charge in [0.15, 0.2) is 10.8 Å². The average molecular weight is 1350 g/mol. The van der Waals surface area contributed by atoms with Gasteiger partial charge in [-0.15, -0.1) is 0 Å². The number of benzene rings is 2. The van der Waals surface area contributed by atoms with E-state index in [0.717, 1.165) is 64.0 Å². The molecule has 3 atom stereocenters. The molecular weight excluding hydrogens is 1250 g/mol. The fourth-order valence-electron chi connectivity index (χ4n) is 14.4. The number of carboxylic acid groups (broad SMARTS) is 1. The highest BCUT2D eigenvalue weighted by Crippen LogP contribution is 2.63.